The van der Waals surface area contributed by atoms with Gasteiger partial charge < -0.3 is 14.7 Å². The Hall–Kier alpha value is -1.53. The minimum absolute atomic E-state index is 0.256. The van der Waals surface area contributed by atoms with E-state index in [0.717, 1.165) is 77.1 Å². The molecule has 4 nitrogen and oxygen atoms in total. The molecule has 2 fully saturated rings. The number of halogens is 2. The molecular weight excluding hydrogens is 348 g/mol. The quantitative estimate of drug-likeness (QED) is 0.761. The number of aryl methyl sites for hydroxylation is 1. The molecule has 2 aliphatic heterocycles. The lowest BCUT2D eigenvalue weighted by molar-refractivity contribution is -0.133. The fraction of sp³-hybridized carbons (Fsp3) is 0.667. The van der Waals surface area contributed by atoms with E-state index >= 15 is 0 Å². The largest absolute Gasteiger partial charge is 0.342 e. The van der Waals surface area contributed by atoms with Crippen LogP contribution in [0.1, 0.15) is 31.2 Å². The van der Waals surface area contributed by atoms with Crippen LogP contribution in [-0.4, -0.2) is 73.5 Å². The molecule has 3 rings (SSSR count). The predicted molar refractivity (Wildman–Crippen MR) is 103 cm³/mol. The first-order valence-corrected chi connectivity index (χ1v) is 10.1. The molecule has 27 heavy (non-hydrogen) atoms. The molecule has 0 radical (unpaired) electrons. The Morgan fingerprint density at radius 2 is 1.89 bits per heavy atom. The summed E-state index contributed by atoms with van der Waals surface area (Å²) in [4.78, 5) is 19.3. The minimum Gasteiger partial charge on any atom is -0.342 e. The van der Waals surface area contributed by atoms with Crippen molar-refractivity contribution in [2.24, 2.45) is 5.92 Å². The van der Waals surface area contributed by atoms with E-state index in [-0.39, 0.29) is 5.91 Å². The Labute approximate surface area is 161 Å². The molecule has 0 saturated carbocycles. The van der Waals surface area contributed by atoms with Crippen molar-refractivity contribution in [2.45, 2.75) is 32.1 Å². The second-order valence-corrected chi connectivity index (χ2v) is 8.03. The molecule has 6 heteroatoms. The first kappa shape index (κ1) is 20.2. The fourth-order valence-corrected chi connectivity index (χ4v) is 4.08. The first-order chi connectivity index (χ1) is 13.0. The van der Waals surface area contributed by atoms with Crippen LogP contribution in [0.15, 0.2) is 18.2 Å². The average molecular weight is 379 g/mol. The summed E-state index contributed by atoms with van der Waals surface area (Å²) in [5.41, 5.74) is 0.826. The van der Waals surface area contributed by atoms with Gasteiger partial charge in [-0.25, -0.2) is 8.78 Å². The number of nitrogens with zero attached hydrogens (tertiary/aromatic N) is 3. The molecule has 1 aromatic rings. The maximum Gasteiger partial charge on any atom is 0.223 e. The summed E-state index contributed by atoms with van der Waals surface area (Å²) in [6.07, 6.45) is 4.37. The summed E-state index contributed by atoms with van der Waals surface area (Å²) in [7, 11) is 2.14. The van der Waals surface area contributed by atoms with Gasteiger partial charge in [0.25, 0.3) is 0 Å². The lowest BCUT2D eigenvalue weighted by Gasteiger charge is -2.35. The summed E-state index contributed by atoms with van der Waals surface area (Å²) in [5.74, 6) is -0.878. The molecule has 2 saturated heterocycles. The average Bonchev–Trinajstić information content (AvgIpc) is 2.68. The van der Waals surface area contributed by atoms with Crippen LogP contribution >= 0.6 is 0 Å². The highest BCUT2D eigenvalue weighted by Crippen LogP contribution is 2.23. The third-order valence-corrected chi connectivity index (χ3v) is 5.93. The number of piperazine rings is 1. The van der Waals surface area contributed by atoms with Gasteiger partial charge in [0.1, 0.15) is 0 Å². The van der Waals surface area contributed by atoms with Crippen LogP contribution in [0.4, 0.5) is 8.78 Å². The van der Waals surface area contributed by atoms with Crippen LogP contribution in [0.2, 0.25) is 0 Å². The van der Waals surface area contributed by atoms with E-state index in [1.165, 1.54) is 12.1 Å². The molecule has 0 aliphatic carbocycles. The van der Waals surface area contributed by atoms with E-state index < -0.39 is 11.6 Å². The second kappa shape index (κ2) is 9.60. The van der Waals surface area contributed by atoms with E-state index in [1.807, 2.05) is 4.90 Å². The monoisotopic (exact) mass is 379 g/mol. The van der Waals surface area contributed by atoms with Crippen LogP contribution in [0.25, 0.3) is 0 Å². The third kappa shape index (κ3) is 5.98. The van der Waals surface area contributed by atoms with E-state index in [2.05, 4.69) is 16.8 Å². The van der Waals surface area contributed by atoms with E-state index in [0.29, 0.717) is 12.3 Å². The molecule has 0 aromatic heterocycles. The van der Waals surface area contributed by atoms with Gasteiger partial charge in [0.15, 0.2) is 11.6 Å². The molecule has 2 heterocycles. The van der Waals surface area contributed by atoms with Gasteiger partial charge in [-0.2, -0.15) is 0 Å². The predicted octanol–water partition coefficient (Wildman–Crippen LogP) is 2.77. The molecule has 0 N–H and O–H groups in total. The lowest BCUT2D eigenvalue weighted by Crippen LogP contribution is -2.46. The SMILES string of the molecule is CN1CCN(CCC(=O)N2CCCC(CCc3ccc(F)c(F)c3)C2)CC1. The third-order valence-electron chi connectivity index (χ3n) is 5.93. The number of benzene rings is 1. The van der Waals surface area contributed by atoms with Crippen molar-refractivity contribution >= 4 is 5.91 Å². The van der Waals surface area contributed by atoms with Crippen molar-refractivity contribution in [1.82, 2.24) is 14.7 Å². The van der Waals surface area contributed by atoms with Crippen LogP contribution < -0.4 is 0 Å². The molecule has 0 spiro atoms. The Bertz CT molecular complexity index is 632. The smallest absolute Gasteiger partial charge is 0.223 e. The van der Waals surface area contributed by atoms with Crippen molar-refractivity contribution in [3.8, 4) is 0 Å². The summed E-state index contributed by atoms with van der Waals surface area (Å²) < 4.78 is 26.4. The normalized spacial score (nSPS) is 22.2. The number of amides is 1. The number of carbonyl (C=O) groups is 1. The van der Waals surface area contributed by atoms with Gasteiger partial charge in [-0.15, -0.1) is 0 Å². The number of hydrogen-bond acceptors (Lipinski definition) is 3. The molecular formula is C21H31F2N3O. The number of hydrogen-bond donors (Lipinski definition) is 0. The number of likely N-dealkylation sites (N-methyl/N-ethyl adjacent to an activating group) is 1. The molecule has 1 unspecified atom stereocenters. The number of carbonyl (C=O) groups excluding carboxylic acids is 1. The highest BCUT2D eigenvalue weighted by atomic mass is 19.2. The highest BCUT2D eigenvalue weighted by molar-refractivity contribution is 5.76. The molecule has 2 aliphatic rings. The van der Waals surface area contributed by atoms with Crippen LogP contribution in [0, 0.1) is 17.6 Å². The topological polar surface area (TPSA) is 26.8 Å². The molecule has 1 amide bonds. The van der Waals surface area contributed by atoms with Gasteiger partial charge in [0.05, 0.1) is 0 Å². The first-order valence-electron chi connectivity index (χ1n) is 10.1. The number of piperidine rings is 1. The summed E-state index contributed by atoms with van der Waals surface area (Å²) in [6, 6.07) is 4.14. The van der Waals surface area contributed by atoms with Gasteiger partial charge in [-0.3, -0.25) is 4.79 Å². The lowest BCUT2D eigenvalue weighted by atomic mass is 9.91. The molecule has 1 aromatic carbocycles. The van der Waals surface area contributed by atoms with E-state index in [1.54, 1.807) is 6.07 Å². The van der Waals surface area contributed by atoms with Crippen molar-refractivity contribution < 1.29 is 13.6 Å². The van der Waals surface area contributed by atoms with Gasteiger partial charge >= 0.3 is 0 Å². The van der Waals surface area contributed by atoms with Crippen molar-refractivity contribution in [3.63, 3.8) is 0 Å². The molecule has 1 atom stereocenters. The zero-order chi connectivity index (χ0) is 19.2. The van der Waals surface area contributed by atoms with Crippen molar-refractivity contribution in [3.05, 3.63) is 35.4 Å². The Balaban J connectivity index is 1.41. The van der Waals surface area contributed by atoms with Crippen molar-refractivity contribution in [1.29, 1.82) is 0 Å². The highest BCUT2D eigenvalue weighted by Gasteiger charge is 2.24. The van der Waals surface area contributed by atoms with Gasteiger partial charge in [0, 0.05) is 52.2 Å². The van der Waals surface area contributed by atoms with Gasteiger partial charge in [0.2, 0.25) is 5.91 Å². The molecule has 0 bridgehead atoms. The van der Waals surface area contributed by atoms with Gasteiger partial charge in [-0.05, 0) is 56.3 Å². The van der Waals surface area contributed by atoms with Gasteiger partial charge in [-0.1, -0.05) is 6.07 Å². The Morgan fingerprint density at radius 1 is 1.11 bits per heavy atom. The summed E-state index contributed by atoms with van der Waals surface area (Å²) in [6.45, 7) is 6.73. The zero-order valence-electron chi connectivity index (χ0n) is 16.3. The van der Waals surface area contributed by atoms with Crippen LogP contribution in [-0.2, 0) is 11.2 Å². The van der Waals surface area contributed by atoms with E-state index in [4.69, 9.17) is 0 Å². The van der Waals surface area contributed by atoms with Crippen LogP contribution in [0.5, 0.6) is 0 Å². The van der Waals surface area contributed by atoms with E-state index in [9.17, 15) is 13.6 Å². The maximum atomic E-state index is 13.3. The summed E-state index contributed by atoms with van der Waals surface area (Å²) >= 11 is 0. The van der Waals surface area contributed by atoms with Crippen molar-refractivity contribution in [2.75, 3.05) is 52.9 Å². The number of likely N-dealkylation sites (tertiary alicyclic amines) is 1. The van der Waals surface area contributed by atoms with Crippen LogP contribution in [0.3, 0.4) is 0 Å². The minimum atomic E-state index is -0.798. The standard InChI is InChI=1S/C21H31F2N3O/c1-24-11-13-25(14-12-24)10-8-21(27)26-9-2-3-18(16-26)5-4-17-6-7-19(22)20(23)15-17/h6-7,15,18H,2-5,8-14,16H2,1H3. The second-order valence-electron chi connectivity index (χ2n) is 8.03. The zero-order valence-corrected chi connectivity index (χ0v) is 16.3. The fourth-order valence-electron chi connectivity index (χ4n) is 4.08. The summed E-state index contributed by atoms with van der Waals surface area (Å²) in [5, 5.41) is 0. The molecule has 150 valence electrons. The Kier molecular flexibility index (Phi) is 7.19. The number of rotatable bonds is 6. The Morgan fingerprint density at radius 3 is 2.63 bits per heavy atom. The maximum absolute atomic E-state index is 13.3.